The van der Waals surface area contributed by atoms with Gasteiger partial charge in [0.15, 0.2) is 11.9 Å². The van der Waals surface area contributed by atoms with Gasteiger partial charge in [-0.3, -0.25) is 4.85 Å². The zero-order valence-corrected chi connectivity index (χ0v) is 12.7. The van der Waals surface area contributed by atoms with Crippen LogP contribution < -0.4 is 0 Å². The fourth-order valence-electron chi connectivity index (χ4n) is 1.80. The van der Waals surface area contributed by atoms with E-state index in [1.807, 2.05) is 20.8 Å². The van der Waals surface area contributed by atoms with Crippen molar-refractivity contribution in [2.45, 2.75) is 58.2 Å². The van der Waals surface area contributed by atoms with Gasteiger partial charge < -0.3 is 4.52 Å². The first-order chi connectivity index (χ1) is 9.99. The fraction of sp³-hybridized carbons (Fsp3) is 0.714. The lowest BCUT2D eigenvalue weighted by Crippen LogP contribution is -2.28. The van der Waals surface area contributed by atoms with E-state index >= 15 is 0 Å². The van der Waals surface area contributed by atoms with E-state index in [1.165, 1.54) is 0 Å². The standard InChI is InChI=1S/C14H17F3N4O/c1-12(2,3)8-11-20-10(21-22-11)7-13(9-18,19-4)5-6-14(15,16)17/h5-8H2,1-3H3. The second-order valence-electron chi connectivity index (χ2n) is 6.39. The maximum Gasteiger partial charge on any atom is 0.389 e. The van der Waals surface area contributed by atoms with Crippen LogP contribution in [0.15, 0.2) is 4.52 Å². The molecule has 8 heteroatoms. The normalized spacial score (nSPS) is 14.9. The zero-order valence-electron chi connectivity index (χ0n) is 12.7. The summed E-state index contributed by atoms with van der Waals surface area (Å²) in [6.07, 6.45) is -6.01. The third-order valence-electron chi connectivity index (χ3n) is 2.89. The first kappa shape index (κ1) is 18.0. The van der Waals surface area contributed by atoms with Crippen molar-refractivity contribution in [2.24, 2.45) is 5.41 Å². The number of nitriles is 1. The summed E-state index contributed by atoms with van der Waals surface area (Å²) in [7, 11) is 0. The van der Waals surface area contributed by atoms with E-state index in [1.54, 1.807) is 6.07 Å². The van der Waals surface area contributed by atoms with Crippen LogP contribution in [0.25, 0.3) is 4.85 Å². The average molecular weight is 314 g/mol. The molecule has 1 atom stereocenters. The molecule has 5 nitrogen and oxygen atoms in total. The van der Waals surface area contributed by atoms with Crippen molar-refractivity contribution in [3.8, 4) is 6.07 Å². The number of rotatable bonds is 5. The van der Waals surface area contributed by atoms with Crippen molar-refractivity contribution < 1.29 is 17.7 Å². The second kappa shape index (κ2) is 6.35. The Balaban J connectivity index is 2.84. The maximum absolute atomic E-state index is 12.3. The van der Waals surface area contributed by atoms with Crippen LogP contribution in [-0.2, 0) is 12.8 Å². The average Bonchev–Trinajstić information content (AvgIpc) is 2.78. The van der Waals surface area contributed by atoms with Gasteiger partial charge in [0, 0.05) is 12.8 Å². The smallest absolute Gasteiger partial charge is 0.339 e. The van der Waals surface area contributed by atoms with Crippen LogP contribution in [-0.4, -0.2) is 21.9 Å². The Labute approximate surface area is 126 Å². The number of nitrogens with zero attached hydrogens (tertiary/aromatic N) is 4. The Hall–Kier alpha value is -2.09. The van der Waals surface area contributed by atoms with E-state index < -0.39 is 24.6 Å². The molecule has 0 bridgehead atoms. The van der Waals surface area contributed by atoms with E-state index in [0.29, 0.717) is 12.3 Å². The summed E-state index contributed by atoms with van der Waals surface area (Å²) in [4.78, 5) is 7.15. The van der Waals surface area contributed by atoms with E-state index in [0.717, 1.165) is 0 Å². The molecule has 1 aromatic heterocycles. The van der Waals surface area contributed by atoms with Crippen molar-refractivity contribution in [3.05, 3.63) is 23.1 Å². The largest absolute Gasteiger partial charge is 0.389 e. The zero-order chi connectivity index (χ0) is 17.0. The molecule has 1 rings (SSSR count). The molecule has 0 saturated carbocycles. The van der Waals surface area contributed by atoms with Crippen molar-refractivity contribution >= 4 is 0 Å². The first-order valence-electron chi connectivity index (χ1n) is 6.67. The highest BCUT2D eigenvalue weighted by Crippen LogP contribution is 2.30. The van der Waals surface area contributed by atoms with Gasteiger partial charge in [-0.1, -0.05) is 25.9 Å². The van der Waals surface area contributed by atoms with Gasteiger partial charge in [-0.25, -0.2) is 6.57 Å². The number of hydrogen-bond acceptors (Lipinski definition) is 4. The Morgan fingerprint density at radius 2 is 1.86 bits per heavy atom. The van der Waals surface area contributed by atoms with Crippen molar-refractivity contribution in [3.63, 3.8) is 0 Å². The van der Waals surface area contributed by atoms with E-state index in [-0.39, 0.29) is 17.7 Å². The molecule has 1 heterocycles. The summed E-state index contributed by atoms with van der Waals surface area (Å²) in [6.45, 7) is 13.0. The monoisotopic (exact) mass is 314 g/mol. The van der Waals surface area contributed by atoms with E-state index in [9.17, 15) is 13.2 Å². The minimum atomic E-state index is -4.42. The lowest BCUT2D eigenvalue weighted by atomic mass is 9.91. The quantitative estimate of drug-likeness (QED) is 0.777. The molecule has 1 aromatic rings. The lowest BCUT2D eigenvalue weighted by Gasteiger charge is -2.14. The molecule has 0 amide bonds. The first-order valence-corrected chi connectivity index (χ1v) is 6.67. The van der Waals surface area contributed by atoms with Gasteiger partial charge in [-0.15, -0.1) is 0 Å². The highest BCUT2D eigenvalue weighted by Gasteiger charge is 2.43. The van der Waals surface area contributed by atoms with Crippen LogP contribution in [0, 0.1) is 23.3 Å². The highest BCUT2D eigenvalue weighted by molar-refractivity contribution is 5.19. The van der Waals surface area contributed by atoms with Crippen LogP contribution in [0.5, 0.6) is 0 Å². The van der Waals surface area contributed by atoms with Crippen LogP contribution in [0.4, 0.5) is 13.2 Å². The molecule has 0 aromatic carbocycles. The summed E-state index contributed by atoms with van der Waals surface area (Å²) >= 11 is 0. The Morgan fingerprint density at radius 3 is 2.32 bits per heavy atom. The molecule has 0 aliphatic carbocycles. The molecule has 120 valence electrons. The number of halogens is 3. The van der Waals surface area contributed by atoms with Gasteiger partial charge in [-0.05, 0) is 5.41 Å². The van der Waals surface area contributed by atoms with Gasteiger partial charge in [0.25, 0.3) is 0 Å². The highest BCUT2D eigenvalue weighted by atomic mass is 19.4. The number of hydrogen-bond donors (Lipinski definition) is 0. The second-order valence-corrected chi connectivity index (χ2v) is 6.39. The molecule has 0 spiro atoms. The maximum atomic E-state index is 12.3. The van der Waals surface area contributed by atoms with Crippen molar-refractivity contribution in [1.29, 1.82) is 5.26 Å². The predicted octanol–water partition coefficient (Wildman–Crippen LogP) is 3.72. The summed E-state index contributed by atoms with van der Waals surface area (Å²) in [5, 5.41) is 12.8. The lowest BCUT2D eigenvalue weighted by molar-refractivity contribution is -0.136. The van der Waals surface area contributed by atoms with Crippen LogP contribution in [0.2, 0.25) is 0 Å². The topological polar surface area (TPSA) is 67.1 Å². The molecule has 22 heavy (non-hydrogen) atoms. The number of aromatic nitrogens is 2. The van der Waals surface area contributed by atoms with E-state index in [4.69, 9.17) is 16.4 Å². The Kier molecular flexibility index (Phi) is 5.18. The minimum absolute atomic E-state index is 0.0824. The Bertz CT molecular complexity index is 573. The van der Waals surface area contributed by atoms with Crippen LogP contribution in [0.1, 0.15) is 45.3 Å². The van der Waals surface area contributed by atoms with E-state index in [2.05, 4.69) is 15.0 Å². The molecule has 1 unspecified atom stereocenters. The van der Waals surface area contributed by atoms with Gasteiger partial charge in [0.2, 0.25) is 5.89 Å². The minimum Gasteiger partial charge on any atom is -0.339 e. The predicted molar refractivity (Wildman–Crippen MR) is 71.4 cm³/mol. The summed E-state index contributed by atoms with van der Waals surface area (Å²) in [6, 6.07) is 1.67. The summed E-state index contributed by atoms with van der Waals surface area (Å²) in [5.74, 6) is 0.425. The van der Waals surface area contributed by atoms with Crippen molar-refractivity contribution in [2.75, 3.05) is 0 Å². The molecular formula is C14H17F3N4O. The van der Waals surface area contributed by atoms with Gasteiger partial charge >= 0.3 is 11.7 Å². The fourth-order valence-corrected chi connectivity index (χ4v) is 1.80. The Morgan fingerprint density at radius 1 is 1.23 bits per heavy atom. The molecule has 0 aliphatic rings. The SMILES string of the molecule is [C-]#[N+]C(C#N)(CCC(F)(F)F)Cc1noc(CC(C)(C)C)n1. The van der Waals surface area contributed by atoms with Gasteiger partial charge in [-0.2, -0.15) is 23.4 Å². The molecular weight excluding hydrogens is 297 g/mol. The van der Waals surface area contributed by atoms with Crippen molar-refractivity contribution in [1.82, 2.24) is 10.1 Å². The van der Waals surface area contributed by atoms with Crippen LogP contribution >= 0.6 is 0 Å². The van der Waals surface area contributed by atoms with Crippen LogP contribution in [0.3, 0.4) is 0 Å². The molecule has 0 saturated heterocycles. The molecule has 0 fully saturated rings. The third-order valence-corrected chi connectivity index (χ3v) is 2.89. The molecule has 0 aliphatic heterocycles. The molecule has 0 radical (unpaired) electrons. The molecule has 0 N–H and O–H groups in total. The third kappa shape index (κ3) is 5.72. The van der Waals surface area contributed by atoms with Gasteiger partial charge in [0.05, 0.1) is 6.42 Å². The number of alkyl halides is 3. The summed E-state index contributed by atoms with van der Waals surface area (Å²) in [5.41, 5.74) is -1.91. The summed E-state index contributed by atoms with van der Waals surface area (Å²) < 4.78 is 42.0. The van der Waals surface area contributed by atoms with Gasteiger partial charge in [0.1, 0.15) is 6.42 Å².